The molecule has 210 valence electrons. The number of methoxy groups -OCH3 is 3. The van der Waals surface area contributed by atoms with Crippen LogP contribution in [0.3, 0.4) is 0 Å². The summed E-state index contributed by atoms with van der Waals surface area (Å²) in [4.78, 5) is 26.0. The molecule has 0 unspecified atom stereocenters. The van der Waals surface area contributed by atoms with Gasteiger partial charge >= 0.3 is 11.9 Å². The third-order valence-corrected chi connectivity index (χ3v) is 12.7. The summed E-state index contributed by atoms with van der Waals surface area (Å²) < 4.78 is 29.1. The third kappa shape index (κ3) is 6.24. The van der Waals surface area contributed by atoms with Crippen LogP contribution in [-0.2, 0) is 34.8 Å². The lowest BCUT2D eigenvalue weighted by Crippen LogP contribution is -2.44. The summed E-state index contributed by atoms with van der Waals surface area (Å²) in [6.45, 7) is 13.6. The lowest BCUT2D eigenvalue weighted by atomic mass is 9.76. The second-order valence-corrected chi connectivity index (χ2v) is 16.4. The first-order valence-electron chi connectivity index (χ1n) is 13.4. The van der Waals surface area contributed by atoms with E-state index >= 15 is 0 Å². The van der Waals surface area contributed by atoms with E-state index in [9.17, 15) is 9.59 Å². The van der Waals surface area contributed by atoms with Gasteiger partial charge in [0.2, 0.25) is 0 Å². The van der Waals surface area contributed by atoms with Gasteiger partial charge in [-0.05, 0) is 53.4 Å². The molecule has 0 saturated carbocycles. The van der Waals surface area contributed by atoms with Crippen LogP contribution in [0.2, 0.25) is 18.1 Å². The van der Waals surface area contributed by atoms with Gasteiger partial charge in [-0.1, -0.05) is 46.2 Å². The van der Waals surface area contributed by atoms with Crippen molar-refractivity contribution in [3.05, 3.63) is 52.1 Å². The van der Waals surface area contributed by atoms with Gasteiger partial charge in [-0.3, -0.25) is 0 Å². The maximum Gasteiger partial charge on any atom is 0.334 e. The number of carbonyl (C=O) groups excluding carboxylic acids is 2. The molecule has 7 nitrogen and oxygen atoms in total. The van der Waals surface area contributed by atoms with Crippen molar-refractivity contribution < 1.29 is 33.0 Å². The van der Waals surface area contributed by atoms with Crippen molar-refractivity contribution in [1.82, 2.24) is 0 Å². The minimum Gasteiger partial charge on any atom is -0.497 e. The fraction of sp³-hybridized carbons (Fsp3) is 0.600. The predicted octanol–water partition coefficient (Wildman–Crippen LogP) is 6.13. The molecule has 2 aliphatic rings. The molecule has 3 atom stereocenters. The average molecular weight is 545 g/mol. The van der Waals surface area contributed by atoms with Crippen LogP contribution >= 0.6 is 0 Å². The van der Waals surface area contributed by atoms with Crippen LogP contribution in [0.4, 0.5) is 0 Å². The first-order valence-corrected chi connectivity index (χ1v) is 16.3. The normalized spacial score (nSPS) is 21.9. The van der Waals surface area contributed by atoms with Crippen molar-refractivity contribution in [2.24, 2.45) is 5.92 Å². The Kier molecular flexibility index (Phi) is 9.65. The van der Waals surface area contributed by atoms with Crippen molar-refractivity contribution in [3.63, 3.8) is 0 Å². The third-order valence-electron chi connectivity index (χ3n) is 8.22. The first kappa shape index (κ1) is 30.1. The maximum atomic E-state index is 13.1. The molecule has 1 aromatic rings. The van der Waals surface area contributed by atoms with Crippen LogP contribution in [0.15, 0.2) is 46.6 Å². The lowest BCUT2D eigenvalue weighted by Gasteiger charge is -2.39. The zero-order valence-electron chi connectivity index (χ0n) is 24.4. The summed E-state index contributed by atoms with van der Waals surface area (Å²) in [6, 6.07) is 7.82. The summed E-state index contributed by atoms with van der Waals surface area (Å²) in [7, 11) is 2.20. The van der Waals surface area contributed by atoms with Crippen LogP contribution in [-0.4, -0.2) is 53.8 Å². The number of hydrogen-bond donors (Lipinski definition) is 0. The summed E-state index contributed by atoms with van der Waals surface area (Å²) in [5.74, 6) is -0.482. The second-order valence-electron chi connectivity index (χ2n) is 11.6. The highest BCUT2D eigenvalue weighted by Gasteiger charge is 2.49. The number of ether oxygens (including phenoxy) is 4. The Labute approximate surface area is 228 Å². The molecule has 0 aromatic heterocycles. The maximum absolute atomic E-state index is 13.1. The van der Waals surface area contributed by atoms with E-state index < -0.39 is 20.3 Å². The van der Waals surface area contributed by atoms with E-state index in [1.54, 1.807) is 7.11 Å². The lowest BCUT2D eigenvalue weighted by molar-refractivity contribution is -0.140. The molecule has 0 radical (unpaired) electrons. The largest absolute Gasteiger partial charge is 0.497 e. The number of benzene rings is 1. The SMILES string of the molecule is CCC[C@@H]1C(C(=O)OC)=C(C(=O)OC)CC2=C1[C@H](OCc1ccc(OC)cc1)C[C@@H]2O[Si](C)(C)C(C)(C)C. The zero-order valence-corrected chi connectivity index (χ0v) is 25.4. The Morgan fingerprint density at radius 1 is 0.974 bits per heavy atom. The van der Waals surface area contributed by atoms with Gasteiger partial charge in [0.05, 0.1) is 51.3 Å². The van der Waals surface area contributed by atoms with E-state index in [2.05, 4.69) is 40.8 Å². The van der Waals surface area contributed by atoms with Crippen molar-refractivity contribution in [3.8, 4) is 5.75 Å². The molecule has 0 amide bonds. The number of carbonyl (C=O) groups is 2. The average Bonchev–Trinajstić information content (AvgIpc) is 3.22. The monoisotopic (exact) mass is 544 g/mol. The van der Waals surface area contributed by atoms with Crippen molar-refractivity contribution in [2.75, 3.05) is 21.3 Å². The molecule has 38 heavy (non-hydrogen) atoms. The topological polar surface area (TPSA) is 80.3 Å². The van der Waals surface area contributed by atoms with Gasteiger partial charge in [-0.25, -0.2) is 9.59 Å². The molecule has 0 aliphatic heterocycles. The van der Waals surface area contributed by atoms with Gasteiger partial charge in [0.1, 0.15) is 5.75 Å². The summed E-state index contributed by atoms with van der Waals surface area (Å²) in [5.41, 5.74) is 3.92. The second kappa shape index (κ2) is 12.2. The highest BCUT2D eigenvalue weighted by Crippen LogP contribution is 2.50. The van der Waals surface area contributed by atoms with Crippen LogP contribution in [0.25, 0.3) is 0 Å². The van der Waals surface area contributed by atoms with E-state index in [4.69, 9.17) is 23.4 Å². The first-order chi connectivity index (χ1) is 17.9. The Balaban J connectivity index is 2.05. The standard InChI is InChI=1S/C30H44O7Si/c1-10-11-21-26-22(16-23(28(31)34-6)27(21)29(32)35-7)24(37-38(8,9)30(2,3)4)17-25(26)36-18-19-12-14-20(33-5)15-13-19/h12-15,21,24-25H,10-11,16-18H2,1-9H3/t21-,24-,25+/m0/s1. The van der Waals surface area contributed by atoms with Crippen molar-refractivity contribution in [2.45, 2.75) is 90.3 Å². The molecular weight excluding hydrogens is 500 g/mol. The molecule has 1 aromatic carbocycles. The summed E-state index contributed by atoms with van der Waals surface area (Å²) in [5, 5.41) is 0.0193. The number of rotatable bonds is 10. The Morgan fingerprint density at radius 3 is 2.13 bits per heavy atom. The zero-order chi connectivity index (χ0) is 28.3. The van der Waals surface area contributed by atoms with Crippen LogP contribution in [0.5, 0.6) is 5.75 Å². The van der Waals surface area contributed by atoms with Crippen LogP contribution in [0, 0.1) is 5.92 Å². The van der Waals surface area contributed by atoms with E-state index in [0.717, 1.165) is 28.9 Å². The summed E-state index contributed by atoms with van der Waals surface area (Å²) in [6.07, 6.45) is 2.04. The Hall–Kier alpha value is -2.42. The van der Waals surface area contributed by atoms with Crippen LogP contribution < -0.4 is 4.74 Å². The van der Waals surface area contributed by atoms with Gasteiger partial charge in [0.15, 0.2) is 8.32 Å². The van der Waals surface area contributed by atoms with Gasteiger partial charge < -0.3 is 23.4 Å². The smallest absolute Gasteiger partial charge is 0.334 e. The van der Waals surface area contributed by atoms with Crippen molar-refractivity contribution >= 4 is 20.3 Å². The van der Waals surface area contributed by atoms with Gasteiger partial charge in [0.25, 0.3) is 0 Å². The number of hydrogen-bond acceptors (Lipinski definition) is 7. The molecule has 0 spiro atoms. The van der Waals surface area contributed by atoms with Crippen molar-refractivity contribution in [1.29, 1.82) is 0 Å². The predicted molar refractivity (Wildman–Crippen MR) is 149 cm³/mol. The molecule has 3 rings (SSSR count). The van der Waals surface area contributed by atoms with Crippen LogP contribution in [0.1, 0.15) is 58.9 Å². The Morgan fingerprint density at radius 2 is 1.61 bits per heavy atom. The highest BCUT2D eigenvalue weighted by atomic mass is 28.4. The fourth-order valence-corrected chi connectivity index (χ4v) is 6.47. The van der Waals surface area contributed by atoms with Gasteiger partial charge in [0, 0.05) is 18.8 Å². The van der Waals surface area contributed by atoms with E-state index in [1.165, 1.54) is 14.2 Å². The quantitative estimate of drug-likeness (QED) is 0.199. The highest BCUT2D eigenvalue weighted by molar-refractivity contribution is 6.74. The molecule has 0 fully saturated rings. The molecule has 0 bridgehead atoms. The molecule has 0 saturated heterocycles. The molecule has 0 heterocycles. The molecule has 2 aliphatic carbocycles. The van der Waals surface area contributed by atoms with E-state index in [0.29, 0.717) is 37.0 Å². The molecule has 0 N–H and O–H groups in total. The number of esters is 2. The van der Waals surface area contributed by atoms with E-state index in [1.807, 2.05) is 24.3 Å². The Bertz CT molecular complexity index is 1080. The van der Waals surface area contributed by atoms with Gasteiger partial charge in [-0.2, -0.15) is 0 Å². The van der Waals surface area contributed by atoms with E-state index in [-0.39, 0.29) is 23.2 Å². The minimum atomic E-state index is -2.14. The molecular formula is C30H44O7Si. The fourth-order valence-electron chi connectivity index (χ4n) is 5.17. The van der Waals surface area contributed by atoms with Gasteiger partial charge in [-0.15, -0.1) is 0 Å². The molecule has 8 heteroatoms. The minimum absolute atomic E-state index is 0.0193. The summed E-state index contributed by atoms with van der Waals surface area (Å²) >= 11 is 0.